The van der Waals surface area contributed by atoms with E-state index in [0.717, 1.165) is 6.04 Å². The van der Waals surface area contributed by atoms with Crippen LogP contribution in [0.5, 0.6) is 0 Å². The quantitative estimate of drug-likeness (QED) is 0.235. The van der Waals surface area contributed by atoms with Crippen molar-refractivity contribution in [2.45, 2.75) is 57.9 Å². The van der Waals surface area contributed by atoms with E-state index in [-0.39, 0.29) is 0 Å². The molecule has 0 aromatic carbocycles. The Bertz CT molecular complexity index is 135. The molecule has 0 radical (unpaired) electrons. The van der Waals surface area contributed by atoms with E-state index in [1.54, 1.807) is 0 Å². The summed E-state index contributed by atoms with van der Waals surface area (Å²) in [6, 6.07) is 0.916. The molecule has 0 fully saturated rings. The lowest BCUT2D eigenvalue weighted by Gasteiger charge is -1.97. The van der Waals surface area contributed by atoms with Crippen LogP contribution in [-0.4, -0.2) is 7.42 Å². The predicted molar refractivity (Wildman–Crippen MR) is 70.8 cm³/mol. The monoisotopic (exact) mass is 252 g/mol. The van der Waals surface area contributed by atoms with Crippen LogP contribution in [0.15, 0.2) is 12.2 Å². The summed E-state index contributed by atoms with van der Waals surface area (Å²) in [7, 11) is -1.39. The van der Waals surface area contributed by atoms with E-state index < -0.39 is 7.42 Å². The van der Waals surface area contributed by atoms with E-state index in [4.69, 9.17) is 22.2 Å². The summed E-state index contributed by atoms with van der Waals surface area (Å²) >= 11 is 11.5. The fourth-order valence-electron chi connectivity index (χ4n) is 1.36. The summed E-state index contributed by atoms with van der Waals surface area (Å²) in [4.78, 5) is 0. The van der Waals surface area contributed by atoms with E-state index in [1.165, 1.54) is 44.9 Å². The van der Waals surface area contributed by atoms with Gasteiger partial charge in [0.1, 0.15) is 0 Å². The molecule has 0 aromatic rings. The number of halogens is 2. The molecule has 14 heavy (non-hydrogen) atoms. The predicted octanol–water partition coefficient (Wildman–Crippen LogP) is 4.99. The average molecular weight is 253 g/mol. The van der Waals surface area contributed by atoms with Gasteiger partial charge in [0.15, 0.2) is 0 Å². The molecule has 0 aliphatic rings. The molecule has 0 bridgehead atoms. The maximum Gasteiger partial charge on any atom is 0.240 e. The molecule has 0 unspecified atom stereocenters. The van der Waals surface area contributed by atoms with Crippen molar-refractivity contribution in [2.75, 3.05) is 0 Å². The van der Waals surface area contributed by atoms with Crippen LogP contribution < -0.4 is 0 Å². The first kappa shape index (κ1) is 14.5. The molecule has 0 heterocycles. The molecule has 0 saturated carbocycles. The molecular weight excluding hydrogens is 231 g/mol. The van der Waals surface area contributed by atoms with Crippen molar-refractivity contribution >= 4 is 29.6 Å². The van der Waals surface area contributed by atoms with E-state index in [9.17, 15) is 0 Å². The third-order valence-corrected chi connectivity index (χ3v) is 3.90. The Morgan fingerprint density at radius 3 is 2.21 bits per heavy atom. The highest BCUT2D eigenvalue weighted by Gasteiger charge is 1.95. The van der Waals surface area contributed by atoms with Crippen LogP contribution in [0.3, 0.4) is 0 Å². The van der Waals surface area contributed by atoms with Gasteiger partial charge in [0.25, 0.3) is 0 Å². The summed E-state index contributed by atoms with van der Waals surface area (Å²) in [5, 5.41) is 0. The maximum atomic E-state index is 5.73. The lowest BCUT2D eigenvalue weighted by Crippen LogP contribution is -1.86. The van der Waals surface area contributed by atoms with Gasteiger partial charge < -0.3 is 0 Å². The first-order valence-corrected chi connectivity index (χ1v) is 10.0. The Hall–Kier alpha value is 0.537. The van der Waals surface area contributed by atoms with E-state index >= 15 is 0 Å². The fourth-order valence-corrected chi connectivity index (χ4v) is 2.37. The molecule has 0 aromatic heterocycles. The molecule has 0 aliphatic carbocycles. The maximum absolute atomic E-state index is 5.73. The van der Waals surface area contributed by atoms with Crippen molar-refractivity contribution in [1.29, 1.82) is 0 Å². The molecule has 0 saturated heterocycles. The highest BCUT2D eigenvalue weighted by atomic mass is 35.7. The second kappa shape index (κ2) is 11.6. The molecule has 3 heteroatoms. The average Bonchev–Trinajstić information content (AvgIpc) is 2.15. The Labute approximate surface area is 99.7 Å². The van der Waals surface area contributed by atoms with Crippen LogP contribution in [0.1, 0.15) is 51.9 Å². The molecule has 0 atom stereocenters. The Kier molecular flexibility index (Phi) is 12.1. The number of unbranched alkanes of at least 4 members (excludes halogenated alkanes) is 6. The second-order valence-electron chi connectivity index (χ2n) is 3.65. The van der Waals surface area contributed by atoms with Gasteiger partial charge in [-0.15, -0.1) is 0 Å². The first-order valence-electron chi connectivity index (χ1n) is 5.70. The largest absolute Gasteiger partial charge is 0.240 e. The molecule has 0 rings (SSSR count). The standard InChI is InChI=1S/C11H22Cl2Si/c1-2-3-4-5-6-7-8-9-10-11-14(12)13/h9-10,14H,2-8,11H2,1H3. The van der Waals surface area contributed by atoms with Gasteiger partial charge in [-0.3, -0.25) is 0 Å². The van der Waals surface area contributed by atoms with Crippen LogP contribution in [-0.2, 0) is 0 Å². The second-order valence-corrected chi connectivity index (χ2v) is 8.74. The van der Waals surface area contributed by atoms with E-state index in [2.05, 4.69) is 19.1 Å². The minimum Gasteiger partial charge on any atom is -0.150 e. The molecule has 84 valence electrons. The summed E-state index contributed by atoms with van der Waals surface area (Å²) in [5.74, 6) is 0. The number of rotatable bonds is 9. The van der Waals surface area contributed by atoms with Crippen molar-refractivity contribution in [1.82, 2.24) is 0 Å². The van der Waals surface area contributed by atoms with Gasteiger partial charge in [0, 0.05) is 0 Å². The van der Waals surface area contributed by atoms with Gasteiger partial charge in [0.05, 0.1) is 0 Å². The molecule has 0 amide bonds. The molecule has 0 spiro atoms. The summed E-state index contributed by atoms with van der Waals surface area (Å²) in [5.41, 5.74) is 0. The zero-order chi connectivity index (χ0) is 10.6. The van der Waals surface area contributed by atoms with E-state index in [1.807, 2.05) is 0 Å². The Morgan fingerprint density at radius 1 is 0.929 bits per heavy atom. The third kappa shape index (κ3) is 12.5. The van der Waals surface area contributed by atoms with Gasteiger partial charge in [0.2, 0.25) is 7.42 Å². The van der Waals surface area contributed by atoms with Crippen LogP contribution in [0.2, 0.25) is 6.04 Å². The Balaban J connectivity index is 3.01. The van der Waals surface area contributed by atoms with Gasteiger partial charge >= 0.3 is 0 Å². The molecule has 0 aliphatic heterocycles. The van der Waals surface area contributed by atoms with E-state index in [0.29, 0.717) is 0 Å². The SMILES string of the molecule is CCCCCCCCC=CC[SiH](Cl)Cl. The highest BCUT2D eigenvalue weighted by Crippen LogP contribution is 2.08. The van der Waals surface area contributed by atoms with Gasteiger partial charge in [-0.05, 0) is 18.9 Å². The van der Waals surface area contributed by atoms with Crippen molar-refractivity contribution in [3.05, 3.63) is 12.2 Å². The fraction of sp³-hybridized carbons (Fsp3) is 0.818. The van der Waals surface area contributed by atoms with Crippen molar-refractivity contribution < 1.29 is 0 Å². The zero-order valence-electron chi connectivity index (χ0n) is 9.14. The third-order valence-electron chi connectivity index (χ3n) is 2.21. The number of hydrogen-bond acceptors (Lipinski definition) is 0. The van der Waals surface area contributed by atoms with Gasteiger partial charge in [-0.25, -0.2) is 0 Å². The zero-order valence-corrected chi connectivity index (χ0v) is 11.8. The molecular formula is C11H22Cl2Si. The topological polar surface area (TPSA) is 0 Å². The summed E-state index contributed by atoms with van der Waals surface area (Å²) < 4.78 is 0. The Morgan fingerprint density at radius 2 is 1.57 bits per heavy atom. The molecule has 0 nitrogen and oxygen atoms in total. The summed E-state index contributed by atoms with van der Waals surface area (Å²) in [6.07, 6.45) is 13.8. The number of allylic oxidation sites excluding steroid dienone is 2. The van der Waals surface area contributed by atoms with Crippen LogP contribution in [0.25, 0.3) is 0 Å². The van der Waals surface area contributed by atoms with Crippen molar-refractivity contribution in [3.63, 3.8) is 0 Å². The smallest absolute Gasteiger partial charge is 0.150 e. The van der Waals surface area contributed by atoms with Crippen LogP contribution in [0.4, 0.5) is 0 Å². The highest BCUT2D eigenvalue weighted by molar-refractivity contribution is 7.33. The first-order chi connectivity index (χ1) is 6.77. The van der Waals surface area contributed by atoms with Gasteiger partial charge in [-0.1, -0.05) is 51.2 Å². The van der Waals surface area contributed by atoms with Crippen LogP contribution in [0, 0.1) is 0 Å². The normalized spacial score (nSPS) is 11.7. The summed E-state index contributed by atoms with van der Waals surface area (Å²) in [6.45, 7) is 2.25. The van der Waals surface area contributed by atoms with Crippen LogP contribution >= 0.6 is 22.2 Å². The number of hydrogen-bond donors (Lipinski definition) is 0. The van der Waals surface area contributed by atoms with Crippen molar-refractivity contribution in [3.8, 4) is 0 Å². The lowest BCUT2D eigenvalue weighted by atomic mass is 10.1. The van der Waals surface area contributed by atoms with Crippen molar-refractivity contribution in [2.24, 2.45) is 0 Å². The van der Waals surface area contributed by atoms with Gasteiger partial charge in [-0.2, -0.15) is 22.2 Å². The minimum absolute atomic E-state index is 0.916. The minimum atomic E-state index is -1.39. The molecule has 0 N–H and O–H groups in total. The lowest BCUT2D eigenvalue weighted by molar-refractivity contribution is 0.611.